The minimum atomic E-state index is -3.23. The summed E-state index contributed by atoms with van der Waals surface area (Å²) >= 11 is 0. The number of allylic oxidation sites excluding steroid dienone is 2. The highest BCUT2D eigenvalue weighted by Gasteiger charge is 2.53. The van der Waals surface area contributed by atoms with Crippen LogP contribution in [-0.2, 0) is 28.6 Å². The van der Waals surface area contributed by atoms with E-state index in [9.17, 15) is 19.6 Å². The van der Waals surface area contributed by atoms with Gasteiger partial charge in [-0.2, -0.15) is 5.26 Å². The monoisotopic (exact) mass is 682 g/mol. The molecule has 1 aliphatic carbocycles. The smallest absolute Gasteiger partial charge is 0.329 e. The second kappa shape index (κ2) is 13.7. The number of ether oxygens (including phenoxy) is 3. The summed E-state index contributed by atoms with van der Waals surface area (Å²) < 4.78 is 49.1. The van der Waals surface area contributed by atoms with Crippen molar-refractivity contribution in [3.8, 4) is 6.07 Å². The molecule has 266 valence electrons. The summed E-state index contributed by atoms with van der Waals surface area (Å²) in [5.74, 6) is -6.12. The van der Waals surface area contributed by atoms with E-state index in [1.165, 1.54) is 11.0 Å². The van der Waals surface area contributed by atoms with Gasteiger partial charge < -0.3 is 24.4 Å². The number of amides is 1. The van der Waals surface area contributed by atoms with Crippen molar-refractivity contribution in [2.24, 2.45) is 28.2 Å². The van der Waals surface area contributed by atoms with Crippen molar-refractivity contribution < 1.29 is 37.4 Å². The Labute approximate surface area is 287 Å². The zero-order valence-electron chi connectivity index (χ0n) is 29.4. The number of hydrogen-bond acceptors (Lipinski definition) is 9. The molecule has 0 spiro atoms. The third-order valence-electron chi connectivity index (χ3n) is 9.65. The summed E-state index contributed by atoms with van der Waals surface area (Å²) in [5.41, 5.74) is -0.347. The summed E-state index contributed by atoms with van der Waals surface area (Å²) in [6, 6.07) is 4.72. The van der Waals surface area contributed by atoms with Crippen molar-refractivity contribution in [2.45, 2.75) is 123 Å². The quantitative estimate of drug-likeness (QED) is 0.269. The molecule has 10 nitrogen and oxygen atoms in total. The summed E-state index contributed by atoms with van der Waals surface area (Å²) in [6.45, 7) is 12.6. The summed E-state index contributed by atoms with van der Waals surface area (Å²) in [6.07, 6.45) is 2.41. The maximum atomic E-state index is 15.5. The Balaban J connectivity index is 1.58. The minimum Gasteiger partial charge on any atom is -0.474 e. The Kier molecular flexibility index (Phi) is 10.2. The molecule has 5 rings (SSSR count). The Morgan fingerprint density at radius 1 is 1.16 bits per heavy atom. The number of nitrogens with zero attached hydrogens (tertiary/aromatic N) is 3. The highest BCUT2D eigenvalue weighted by molar-refractivity contribution is 5.94. The molecule has 1 saturated carbocycles. The maximum Gasteiger partial charge on any atom is 0.329 e. The van der Waals surface area contributed by atoms with E-state index >= 15 is 8.78 Å². The Hall–Kier alpha value is -4.01. The molecule has 0 radical (unpaired) electrons. The number of nitrogens with one attached hydrogen (secondary N) is 1. The number of carbonyl (C=O) groups is 3. The van der Waals surface area contributed by atoms with Crippen LogP contribution < -0.4 is 5.32 Å². The molecule has 4 aliphatic rings. The molecular formula is C37H48F2N4O6. The number of nitriles is 1. The molecule has 1 N–H and O–H groups in total. The maximum absolute atomic E-state index is 15.5. The van der Waals surface area contributed by atoms with Gasteiger partial charge in [0.1, 0.15) is 29.9 Å². The first-order valence-corrected chi connectivity index (χ1v) is 17.2. The molecule has 12 heteroatoms. The van der Waals surface area contributed by atoms with Gasteiger partial charge in [0.2, 0.25) is 11.8 Å². The van der Waals surface area contributed by atoms with Crippen molar-refractivity contribution in [2.75, 3.05) is 11.9 Å². The van der Waals surface area contributed by atoms with Crippen LogP contribution in [0.25, 0.3) is 0 Å². The van der Waals surface area contributed by atoms with Crippen LogP contribution in [-0.4, -0.2) is 71.0 Å². The molecule has 1 aromatic carbocycles. The lowest BCUT2D eigenvalue weighted by Gasteiger charge is -2.35. The number of fused-ring (bicyclic) bond motifs is 5. The fourth-order valence-corrected chi connectivity index (χ4v) is 6.96. The molecule has 0 aromatic heterocycles. The number of anilines is 1. The first-order chi connectivity index (χ1) is 22.9. The fourth-order valence-electron chi connectivity index (χ4n) is 6.96. The van der Waals surface area contributed by atoms with Crippen molar-refractivity contribution in [3.63, 3.8) is 0 Å². The van der Waals surface area contributed by atoms with Crippen LogP contribution in [0.4, 0.5) is 20.2 Å². The van der Waals surface area contributed by atoms with Crippen LogP contribution in [0.3, 0.4) is 0 Å². The van der Waals surface area contributed by atoms with Crippen LogP contribution in [0.5, 0.6) is 0 Å². The zero-order valence-corrected chi connectivity index (χ0v) is 29.4. The van der Waals surface area contributed by atoms with E-state index in [1.807, 2.05) is 27.7 Å². The van der Waals surface area contributed by atoms with Crippen LogP contribution in [0.2, 0.25) is 0 Å². The number of benzene rings is 1. The largest absolute Gasteiger partial charge is 0.474 e. The van der Waals surface area contributed by atoms with Crippen LogP contribution >= 0.6 is 0 Å². The predicted octanol–water partition coefficient (Wildman–Crippen LogP) is 6.71. The molecule has 2 fully saturated rings. The predicted molar refractivity (Wildman–Crippen MR) is 179 cm³/mol. The molecular weight excluding hydrogens is 634 g/mol. The highest BCUT2D eigenvalue weighted by atomic mass is 19.3. The van der Waals surface area contributed by atoms with E-state index in [1.54, 1.807) is 39.0 Å². The van der Waals surface area contributed by atoms with Gasteiger partial charge in [-0.25, -0.2) is 18.6 Å². The van der Waals surface area contributed by atoms with Gasteiger partial charge in [0.25, 0.3) is 5.92 Å². The van der Waals surface area contributed by atoms with E-state index in [-0.39, 0.29) is 30.9 Å². The zero-order chi connectivity index (χ0) is 35.9. The molecule has 2 bridgehead atoms. The number of aliphatic imine (C=N–C) groups is 1. The first kappa shape index (κ1) is 36.3. The second-order valence-corrected chi connectivity index (χ2v) is 15.8. The number of alkyl halides is 2. The lowest BCUT2D eigenvalue weighted by molar-refractivity contribution is -0.167. The molecule has 7 atom stereocenters. The molecule has 1 saturated heterocycles. The van der Waals surface area contributed by atoms with Gasteiger partial charge in [0.15, 0.2) is 0 Å². The molecule has 3 heterocycles. The van der Waals surface area contributed by atoms with Crippen molar-refractivity contribution >= 4 is 35.1 Å². The molecule has 49 heavy (non-hydrogen) atoms. The topological polar surface area (TPSA) is 130 Å². The van der Waals surface area contributed by atoms with E-state index in [2.05, 4.69) is 16.4 Å². The SMILES string of the molecule is CC[C@@H]1[C@@H]2CN(C(=O)[C@H](C(C)(C)C)CC(=O)O[C@@H]3C[C@H]3CC/C=C/C(F)(F)CC3Nc4ccc(C#N)cc4N=C3O2)[C@@H]1C(=O)OC(C)(C)C. The molecule has 1 aromatic rings. The van der Waals surface area contributed by atoms with Crippen molar-refractivity contribution in [1.82, 2.24) is 4.90 Å². The van der Waals surface area contributed by atoms with E-state index in [4.69, 9.17) is 14.2 Å². The van der Waals surface area contributed by atoms with E-state index in [0.29, 0.717) is 42.6 Å². The van der Waals surface area contributed by atoms with Crippen LogP contribution in [0.15, 0.2) is 35.3 Å². The Bertz CT molecular complexity index is 1550. The summed E-state index contributed by atoms with van der Waals surface area (Å²) in [4.78, 5) is 47.7. The van der Waals surface area contributed by atoms with Crippen LogP contribution in [0.1, 0.15) is 92.6 Å². The number of carbonyl (C=O) groups excluding carboxylic acids is 3. The minimum absolute atomic E-state index is 0.0222. The second-order valence-electron chi connectivity index (χ2n) is 15.8. The van der Waals surface area contributed by atoms with Crippen molar-refractivity contribution in [1.29, 1.82) is 5.26 Å². The van der Waals surface area contributed by atoms with Gasteiger partial charge in [-0.3, -0.25) is 9.59 Å². The van der Waals surface area contributed by atoms with E-state index in [0.717, 1.165) is 6.08 Å². The van der Waals surface area contributed by atoms with Gasteiger partial charge in [-0.05, 0) is 82.1 Å². The van der Waals surface area contributed by atoms with E-state index < -0.39 is 71.2 Å². The summed E-state index contributed by atoms with van der Waals surface area (Å²) in [7, 11) is 0. The van der Waals surface area contributed by atoms with Gasteiger partial charge in [0, 0.05) is 12.3 Å². The van der Waals surface area contributed by atoms with Crippen molar-refractivity contribution in [3.05, 3.63) is 35.9 Å². The average Bonchev–Trinajstić information content (AvgIpc) is 3.62. The first-order valence-electron chi connectivity index (χ1n) is 17.2. The average molecular weight is 683 g/mol. The van der Waals surface area contributed by atoms with Gasteiger partial charge in [-0.1, -0.05) is 33.8 Å². The lowest BCUT2D eigenvalue weighted by atomic mass is 9.77. The highest BCUT2D eigenvalue weighted by Crippen LogP contribution is 2.42. The fraction of sp³-hybridized carbons (Fsp3) is 0.649. The van der Waals surface area contributed by atoms with Gasteiger partial charge in [0.05, 0.1) is 41.9 Å². The number of rotatable bonds is 2. The number of hydrogen-bond donors (Lipinski definition) is 1. The van der Waals surface area contributed by atoms with Gasteiger partial charge >= 0.3 is 11.9 Å². The number of esters is 2. The molecule has 1 amide bonds. The normalized spacial score (nSPS) is 31.0. The lowest BCUT2D eigenvalue weighted by Crippen LogP contribution is -2.50. The molecule has 3 aliphatic heterocycles. The molecule has 1 unspecified atom stereocenters. The van der Waals surface area contributed by atoms with Crippen LogP contribution in [0, 0.1) is 34.5 Å². The Morgan fingerprint density at radius 2 is 1.90 bits per heavy atom. The van der Waals surface area contributed by atoms with Gasteiger partial charge in [-0.15, -0.1) is 0 Å². The Morgan fingerprint density at radius 3 is 2.55 bits per heavy atom. The standard InChI is InChI=1S/C37H48F2N4O6/c1-8-23-29-20-43(31(23)34(46)49-36(5,6)7)33(45)24(35(2,3)4)17-30(44)47-28-16-22(28)11-9-10-14-37(38,39)18-27-32(48-29)42-26-15-21(19-40)12-13-25(26)41-27/h10,12-15,22-24,27-29,31,41H,8-9,11,16-18,20H2,1-7H3/b14-10+/t22-,23-,24-,27?,28-,29+,31+/m1/s1. The third-order valence-corrected chi connectivity index (χ3v) is 9.65. The number of halogens is 2. The summed E-state index contributed by atoms with van der Waals surface area (Å²) in [5, 5.41) is 12.6. The third kappa shape index (κ3) is 8.60.